The molecule has 1 aromatic rings. The van der Waals surface area contributed by atoms with E-state index in [1.165, 1.54) is 0 Å². The molecule has 5 heteroatoms. The number of amides is 1. The molecule has 0 aliphatic heterocycles. The van der Waals surface area contributed by atoms with Crippen molar-refractivity contribution in [2.24, 2.45) is 0 Å². The van der Waals surface area contributed by atoms with Gasteiger partial charge in [0.1, 0.15) is 13.2 Å². The summed E-state index contributed by atoms with van der Waals surface area (Å²) in [6.07, 6.45) is 5.10. The van der Waals surface area contributed by atoms with Crippen LogP contribution in [0.25, 0.3) is 0 Å². The number of rotatable bonds is 7. The molecule has 1 atom stereocenters. The number of esters is 1. The summed E-state index contributed by atoms with van der Waals surface area (Å²) in [6.45, 7) is 3.59. The second kappa shape index (κ2) is 9.46. The van der Waals surface area contributed by atoms with Gasteiger partial charge in [-0.05, 0) is 18.9 Å². The minimum Gasteiger partial charge on any atom is -0.461 e. The standard InChI is InChI=1S/C17H21NO4/c1-4-11-18(12-16(19)22-14(3)5-2)17(20)21-13-15-9-7-6-8-10-15/h1,6-10,14H,5,11-13H2,2-3H3. The summed E-state index contributed by atoms with van der Waals surface area (Å²) in [6, 6.07) is 9.27. The van der Waals surface area contributed by atoms with Crippen LogP contribution in [0.5, 0.6) is 0 Å². The fraction of sp³-hybridized carbons (Fsp3) is 0.412. The van der Waals surface area contributed by atoms with Gasteiger partial charge in [-0.2, -0.15) is 0 Å². The lowest BCUT2D eigenvalue weighted by Crippen LogP contribution is -2.37. The first kappa shape index (κ1) is 17.6. The predicted molar refractivity (Wildman–Crippen MR) is 82.9 cm³/mol. The van der Waals surface area contributed by atoms with E-state index in [1.807, 2.05) is 37.3 Å². The van der Waals surface area contributed by atoms with Crippen LogP contribution < -0.4 is 0 Å². The van der Waals surface area contributed by atoms with E-state index in [0.29, 0.717) is 6.42 Å². The van der Waals surface area contributed by atoms with Gasteiger partial charge in [-0.3, -0.25) is 9.69 Å². The van der Waals surface area contributed by atoms with E-state index in [-0.39, 0.29) is 25.8 Å². The number of nitrogens with zero attached hydrogens (tertiary/aromatic N) is 1. The minimum atomic E-state index is -0.636. The molecule has 1 amide bonds. The monoisotopic (exact) mass is 303 g/mol. The Labute approximate surface area is 131 Å². The molecular weight excluding hydrogens is 282 g/mol. The number of carbonyl (C=O) groups excluding carboxylic acids is 2. The van der Waals surface area contributed by atoms with Gasteiger partial charge in [0.15, 0.2) is 0 Å². The van der Waals surface area contributed by atoms with E-state index >= 15 is 0 Å². The first-order chi connectivity index (χ1) is 10.6. The lowest BCUT2D eigenvalue weighted by atomic mass is 10.2. The van der Waals surface area contributed by atoms with Crippen LogP contribution in [0.3, 0.4) is 0 Å². The summed E-state index contributed by atoms with van der Waals surface area (Å²) in [7, 11) is 0. The normalized spacial score (nSPS) is 11.1. The smallest absolute Gasteiger partial charge is 0.411 e. The van der Waals surface area contributed by atoms with Gasteiger partial charge in [0.25, 0.3) is 0 Å². The minimum absolute atomic E-state index is 0.0107. The molecule has 0 aromatic heterocycles. The summed E-state index contributed by atoms with van der Waals surface area (Å²) in [5, 5.41) is 0. The van der Waals surface area contributed by atoms with Gasteiger partial charge in [-0.25, -0.2) is 4.79 Å². The van der Waals surface area contributed by atoms with Crippen LogP contribution in [0, 0.1) is 12.3 Å². The van der Waals surface area contributed by atoms with Crippen LogP contribution in [-0.2, 0) is 20.9 Å². The summed E-state index contributed by atoms with van der Waals surface area (Å²) < 4.78 is 10.3. The van der Waals surface area contributed by atoms with Crippen LogP contribution in [0.2, 0.25) is 0 Å². The molecule has 0 saturated carbocycles. The first-order valence-corrected chi connectivity index (χ1v) is 7.15. The molecule has 0 saturated heterocycles. The number of terminal acetylenes is 1. The zero-order valence-electron chi connectivity index (χ0n) is 13.0. The second-order valence-corrected chi connectivity index (χ2v) is 4.81. The Balaban J connectivity index is 2.52. The third kappa shape index (κ3) is 6.31. The number of ether oxygens (including phenoxy) is 2. The van der Waals surface area contributed by atoms with Crippen molar-refractivity contribution in [1.29, 1.82) is 0 Å². The van der Waals surface area contributed by atoms with E-state index < -0.39 is 12.1 Å². The zero-order valence-corrected chi connectivity index (χ0v) is 13.0. The van der Waals surface area contributed by atoms with E-state index in [4.69, 9.17) is 15.9 Å². The molecule has 0 bridgehead atoms. The average molecular weight is 303 g/mol. The van der Waals surface area contributed by atoms with Crippen LogP contribution in [0.1, 0.15) is 25.8 Å². The molecule has 0 heterocycles. The fourth-order valence-corrected chi connectivity index (χ4v) is 1.61. The summed E-state index contributed by atoms with van der Waals surface area (Å²) in [5.41, 5.74) is 0.860. The largest absolute Gasteiger partial charge is 0.461 e. The molecule has 0 fully saturated rings. The Morgan fingerprint density at radius 1 is 1.32 bits per heavy atom. The number of benzene rings is 1. The van der Waals surface area contributed by atoms with Crippen molar-refractivity contribution in [2.45, 2.75) is 33.0 Å². The van der Waals surface area contributed by atoms with E-state index in [0.717, 1.165) is 10.5 Å². The Bertz CT molecular complexity index is 521. The highest BCUT2D eigenvalue weighted by atomic mass is 16.6. The molecule has 0 N–H and O–H groups in total. The number of hydrogen-bond donors (Lipinski definition) is 0. The van der Waals surface area contributed by atoms with Gasteiger partial charge in [-0.1, -0.05) is 43.2 Å². The Hall–Kier alpha value is -2.48. The summed E-state index contributed by atoms with van der Waals surface area (Å²) in [5.74, 6) is 1.84. The summed E-state index contributed by atoms with van der Waals surface area (Å²) in [4.78, 5) is 24.9. The Morgan fingerprint density at radius 2 is 2.00 bits per heavy atom. The second-order valence-electron chi connectivity index (χ2n) is 4.81. The maximum absolute atomic E-state index is 12.0. The molecule has 0 aliphatic rings. The molecular formula is C17H21NO4. The van der Waals surface area contributed by atoms with Crippen molar-refractivity contribution in [3.8, 4) is 12.3 Å². The maximum atomic E-state index is 12.0. The van der Waals surface area contributed by atoms with E-state index in [2.05, 4.69) is 5.92 Å². The molecule has 0 radical (unpaired) electrons. The fourth-order valence-electron chi connectivity index (χ4n) is 1.61. The van der Waals surface area contributed by atoms with Gasteiger partial charge in [0.2, 0.25) is 0 Å². The number of hydrogen-bond acceptors (Lipinski definition) is 4. The zero-order chi connectivity index (χ0) is 16.4. The van der Waals surface area contributed by atoms with Crippen molar-refractivity contribution in [2.75, 3.05) is 13.1 Å². The van der Waals surface area contributed by atoms with Crippen molar-refractivity contribution in [1.82, 2.24) is 4.90 Å². The van der Waals surface area contributed by atoms with Crippen molar-refractivity contribution < 1.29 is 19.1 Å². The highest BCUT2D eigenvalue weighted by molar-refractivity contribution is 5.78. The van der Waals surface area contributed by atoms with Crippen molar-refractivity contribution >= 4 is 12.1 Å². The molecule has 1 aromatic carbocycles. The van der Waals surface area contributed by atoms with Gasteiger partial charge in [0.05, 0.1) is 12.6 Å². The molecule has 0 spiro atoms. The van der Waals surface area contributed by atoms with Gasteiger partial charge >= 0.3 is 12.1 Å². The van der Waals surface area contributed by atoms with Gasteiger partial charge in [0, 0.05) is 0 Å². The number of carbonyl (C=O) groups is 2. The van der Waals surface area contributed by atoms with Crippen LogP contribution >= 0.6 is 0 Å². The van der Waals surface area contributed by atoms with Crippen LogP contribution in [0.15, 0.2) is 30.3 Å². The maximum Gasteiger partial charge on any atom is 0.411 e. The SMILES string of the molecule is C#CCN(CC(=O)OC(C)CC)C(=O)OCc1ccccc1. The third-order valence-electron chi connectivity index (χ3n) is 2.97. The Kier molecular flexibility index (Phi) is 7.55. The molecule has 22 heavy (non-hydrogen) atoms. The van der Waals surface area contributed by atoms with Crippen LogP contribution in [0.4, 0.5) is 4.79 Å². The summed E-state index contributed by atoms with van der Waals surface area (Å²) >= 11 is 0. The highest BCUT2D eigenvalue weighted by Gasteiger charge is 2.19. The Morgan fingerprint density at radius 3 is 2.59 bits per heavy atom. The quantitative estimate of drug-likeness (QED) is 0.574. The average Bonchev–Trinajstić information content (AvgIpc) is 2.53. The molecule has 0 aliphatic carbocycles. The third-order valence-corrected chi connectivity index (χ3v) is 2.97. The van der Waals surface area contributed by atoms with Crippen molar-refractivity contribution in [3.63, 3.8) is 0 Å². The lowest BCUT2D eigenvalue weighted by Gasteiger charge is -2.20. The molecule has 1 unspecified atom stereocenters. The molecule has 1 rings (SSSR count). The van der Waals surface area contributed by atoms with E-state index in [1.54, 1.807) is 6.92 Å². The molecule has 5 nitrogen and oxygen atoms in total. The van der Waals surface area contributed by atoms with Gasteiger partial charge < -0.3 is 9.47 Å². The van der Waals surface area contributed by atoms with Crippen LogP contribution in [-0.4, -0.2) is 36.2 Å². The predicted octanol–water partition coefficient (Wildman–Crippen LogP) is 2.60. The highest BCUT2D eigenvalue weighted by Crippen LogP contribution is 2.04. The van der Waals surface area contributed by atoms with Gasteiger partial charge in [-0.15, -0.1) is 6.42 Å². The topological polar surface area (TPSA) is 55.8 Å². The molecule has 118 valence electrons. The van der Waals surface area contributed by atoms with E-state index in [9.17, 15) is 9.59 Å². The van der Waals surface area contributed by atoms with Crippen molar-refractivity contribution in [3.05, 3.63) is 35.9 Å². The first-order valence-electron chi connectivity index (χ1n) is 7.15. The lowest BCUT2D eigenvalue weighted by molar-refractivity contribution is -0.149.